The summed E-state index contributed by atoms with van der Waals surface area (Å²) in [5.41, 5.74) is 1.05. The lowest BCUT2D eigenvalue weighted by Gasteiger charge is -2.15. The van der Waals surface area contributed by atoms with E-state index in [-0.39, 0.29) is 18.1 Å². The Morgan fingerprint density at radius 1 is 1.00 bits per heavy atom. The molecule has 1 fully saturated rings. The normalized spacial score (nSPS) is 13.5. The second kappa shape index (κ2) is 7.95. The summed E-state index contributed by atoms with van der Waals surface area (Å²) in [5.74, 6) is -1.84. The van der Waals surface area contributed by atoms with Gasteiger partial charge in [0.25, 0.3) is 5.91 Å². The molecule has 0 aliphatic carbocycles. The maximum absolute atomic E-state index is 13.5. The summed E-state index contributed by atoms with van der Waals surface area (Å²) < 4.78 is 26.6. The van der Waals surface area contributed by atoms with Crippen LogP contribution in [-0.2, 0) is 4.79 Å². The van der Waals surface area contributed by atoms with Crippen molar-refractivity contribution in [1.29, 1.82) is 0 Å². The second-order valence-electron chi connectivity index (χ2n) is 6.10. The van der Waals surface area contributed by atoms with Gasteiger partial charge in [-0.1, -0.05) is 0 Å². The van der Waals surface area contributed by atoms with Crippen LogP contribution >= 0.6 is 0 Å². The van der Waals surface area contributed by atoms with E-state index < -0.39 is 17.5 Å². The first-order chi connectivity index (χ1) is 12.5. The van der Waals surface area contributed by atoms with Gasteiger partial charge in [0.2, 0.25) is 5.91 Å². The van der Waals surface area contributed by atoms with Gasteiger partial charge < -0.3 is 15.5 Å². The van der Waals surface area contributed by atoms with Crippen LogP contribution in [0.4, 0.5) is 20.2 Å². The number of carbonyl (C=O) groups is 2. The molecule has 3 rings (SSSR count). The van der Waals surface area contributed by atoms with Crippen molar-refractivity contribution < 1.29 is 18.4 Å². The van der Waals surface area contributed by atoms with Crippen molar-refractivity contribution in [3.63, 3.8) is 0 Å². The van der Waals surface area contributed by atoms with E-state index in [1.165, 1.54) is 0 Å². The van der Waals surface area contributed by atoms with E-state index >= 15 is 0 Å². The number of hydrogen-bond acceptors (Lipinski definition) is 3. The predicted octanol–water partition coefficient (Wildman–Crippen LogP) is 3.25. The Morgan fingerprint density at radius 3 is 2.38 bits per heavy atom. The quantitative estimate of drug-likeness (QED) is 0.862. The molecule has 7 heteroatoms. The van der Waals surface area contributed by atoms with Gasteiger partial charge in [-0.05, 0) is 49.2 Å². The monoisotopic (exact) mass is 359 g/mol. The van der Waals surface area contributed by atoms with E-state index in [0.717, 1.165) is 44.1 Å². The summed E-state index contributed by atoms with van der Waals surface area (Å²) >= 11 is 0. The van der Waals surface area contributed by atoms with Gasteiger partial charge in [-0.3, -0.25) is 9.59 Å². The number of hydrogen-bond donors (Lipinski definition) is 2. The molecule has 136 valence electrons. The minimum Gasteiger partial charge on any atom is -0.376 e. The standard InChI is InChI=1S/C19H19F2N3O2/c20-14-5-8-16(21)17(11-14)23-18(25)12-22-15-6-3-13(4-7-15)19(26)24-9-1-2-10-24/h3-8,11,22H,1-2,9-10,12H2,(H,23,25). The molecule has 1 aliphatic heterocycles. The fourth-order valence-corrected chi connectivity index (χ4v) is 2.80. The minimum atomic E-state index is -0.704. The van der Waals surface area contributed by atoms with Gasteiger partial charge in [0.05, 0.1) is 12.2 Å². The number of nitrogens with zero attached hydrogens (tertiary/aromatic N) is 1. The number of anilines is 2. The Kier molecular flexibility index (Phi) is 5.46. The third kappa shape index (κ3) is 4.36. The average Bonchev–Trinajstić information content (AvgIpc) is 3.17. The summed E-state index contributed by atoms with van der Waals surface area (Å²) in [6.07, 6.45) is 2.07. The highest BCUT2D eigenvalue weighted by Crippen LogP contribution is 2.17. The fourth-order valence-electron chi connectivity index (χ4n) is 2.80. The number of likely N-dealkylation sites (tertiary alicyclic amines) is 1. The number of carbonyl (C=O) groups excluding carboxylic acids is 2. The van der Waals surface area contributed by atoms with Gasteiger partial charge in [0, 0.05) is 30.4 Å². The molecule has 1 heterocycles. The number of nitrogens with one attached hydrogen (secondary N) is 2. The molecule has 2 amide bonds. The van der Waals surface area contributed by atoms with E-state index in [9.17, 15) is 18.4 Å². The van der Waals surface area contributed by atoms with Crippen LogP contribution < -0.4 is 10.6 Å². The largest absolute Gasteiger partial charge is 0.376 e. The molecule has 1 saturated heterocycles. The van der Waals surface area contributed by atoms with Crippen molar-refractivity contribution in [3.8, 4) is 0 Å². The lowest BCUT2D eigenvalue weighted by Crippen LogP contribution is -2.27. The topological polar surface area (TPSA) is 61.4 Å². The zero-order valence-corrected chi connectivity index (χ0v) is 14.1. The van der Waals surface area contributed by atoms with Gasteiger partial charge >= 0.3 is 0 Å². The van der Waals surface area contributed by atoms with Gasteiger partial charge in [0.1, 0.15) is 11.6 Å². The maximum atomic E-state index is 13.5. The van der Waals surface area contributed by atoms with Gasteiger partial charge in [-0.15, -0.1) is 0 Å². The third-order valence-electron chi connectivity index (χ3n) is 4.18. The van der Waals surface area contributed by atoms with Crippen LogP contribution in [0.1, 0.15) is 23.2 Å². The second-order valence-corrected chi connectivity index (χ2v) is 6.10. The number of rotatable bonds is 5. The summed E-state index contributed by atoms with van der Waals surface area (Å²) in [5, 5.41) is 5.19. The predicted molar refractivity (Wildman–Crippen MR) is 95.1 cm³/mol. The highest BCUT2D eigenvalue weighted by atomic mass is 19.1. The maximum Gasteiger partial charge on any atom is 0.253 e. The molecule has 0 saturated carbocycles. The van der Waals surface area contributed by atoms with Crippen LogP contribution in [0.25, 0.3) is 0 Å². The molecule has 2 aromatic rings. The lowest BCUT2D eigenvalue weighted by atomic mass is 10.2. The number of halogens is 2. The van der Waals surface area contributed by atoms with Gasteiger partial charge in [-0.2, -0.15) is 0 Å². The fraction of sp³-hybridized carbons (Fsp3) is 0.263. The van der Waals surface area contributed by atoms with Crippen molar-refractivity contribution in [2.24, 2.45) is 0 Å². The Labute approximate surface area is 150 Å². The van der Waals surface area contributed by atoms with Crippen molar-refractivity contribution in [3.05, 3.63) is 59.7 Å². The zero-order valence-electron chi connectivity index (χ0n) is 14.1. The Bertz CT molecular complexity index is 803. The first-order valence-electron chi connectivity index (χ1n) is 8.41. The molecule has 0 bridgehead atoms. The van der Waals surface area contributed by atoms with E-state index in [2.05, 4.69) is 10.6 Å². The zero-order chi connectivity index (χ0) is 18.5. The number of benzene rings is 2. The molecule has 0 radical (unpaired) electrons. The Hall–Kier alpha value is -2.96. The van der Waals surface area contributed by atoms with Crippen LogP contribution in [0.2, 0.25) is 0 Å². The molecule has 5 nitrogen and oxygen atoms in total. The van der Waals surface area contributed by atoms with E-state index in [0.29, 0.717) is 11.3 Å². The Balaban J connectivity index is 1.53. The average molecular weight is 359 g/mol. The number of amides is 2. The summed E-state index contributed by atoms with van der Waals surface area (Å²) in [6, 6.07) is 9.67. The van der Waals surface area contributed by atoms with Crippen LogP contribution in [0.5, 0.6) is 0 Å². The van der Waals surface area contributed by atoms with Crippen LogP contribution in [0, 0.1) is 11.6 Å². The van der Waals surface area contributed by atoms with E-state index in [4.69, 9.17) is 0 Å². The van der Waals surface area contributed by atoms with E-state index in [1.54, 1.807) is 24.3 Å². The van der Waals surface area contributed by atoms with Gasteiger partial charge in [-0.25, -0.2) is 8.78 Å². The molecular weight excluding hydrogens is 340 g/mol. The van der Waals surface area contributed by atoms with Gasteiger partial charge in [0.15, 0.2) is 0 Å². The summed E-state index contributed by atoms with van der Waals surface area (Å²) in [7, 11) is 0. The molecule has 0 aromatic heterocycles. The van der Waals surface area contributed by atoms with E-state index in [1.807, 2.05) is 4.90 Å². The smallest absolute Gasteiger partial charge is 0.253 e. The Morgan fingerprint density at radius 2 is 1.69 bits per heavy atom. The highest BCUT2D eigenvalue weighted by Gasteiger charge is 2.19. The summed E-state index contributed by atoms with van der Waals surface area (Å²) in [4.78, 5) is 26.0. The molecule has 0 atom stereocenters. The van der Waals surface area contributed by atoms with Crippen molar-refractivity contribution in [2.75, 3.05) is 30.3 Å². The SMILES string of the molecule is O=C(CNc1ccc(C(=O)N2CCCC2)cc1)Nc1cc(F)ccc1F. The molecule has 0 spiro atoms. The van der Waals surface area contributed by atoms with Crippen LogP contribution in [0.3, 0.4) is 0 Å². The molecule has 2 aromatic carbocycles. The summed E-state index contributed by atoms with van der Waals surface area (Å²) in [6.45, 7) is 1.46. The van der Waals surface area contributed by atoms with Crippen molar-refractivity contribution in [2.45, 2.75) is 12.8 Å². The third-order valence-corrected chi connectivity index (χ3v) is 4.18. The molecule has 1 aliphatic rings. The minimum absolute atomic E-state index is 0.00775. The van der Waals surface area contributed by atoms with Crippen molar-refractivity contribution in [1.82, 2.24) is 4.90 Å². The van der Waals surface area contributed by atoms with Crippen LogP contribution in [-0.4, -0.2) is 36.3 Å². The van der Waals surface area contributed by atoms with Crippen molar-refractivity contribution >= 4 is 23.2 Å². The lowest BCUT2D eigenvalue weighted by molar-refractivity contribution is -0.114. The highest BCUT2D eigenvalue weighted by molar-refractivity contribution is 5.95. The molecule has 26 heavy (non-hydrogen) atoms. The first-order valence-corrected chi connectivity index (χ1v) is 8.41. The molecule has 0 unspecified atom stereocenters. The first kappa shape index (κ1) is 17.8. The molecular formula is C19H19F2N3O2. The van der Waals surface area contributed by atoms with Crippen LogP contribution in [0.15, 0.2) is 42.5 Å². The molecule has 2 N–H and O–H groups in total.